The monoisotopic (exact) mass is 504 g/mol. The third-order valence-electron chi connectivity index (χ3n) is 7.60. The SMILES string of the molecule is Cc1nc2cccc(CCc3ccc(CN4CCCCCC4)cc3F)c2c(=O)n1C1CCC(=O)NC1=O. The number of likely N-dealkylation sites (tertiary alicyclic amines) is 1. The third kappa shape index (κ3) is 5.49. The molecule has 3 heterocycles. The minimum atomic E-state index is -0.774. The highest BCUT2D eigenvalue weighted by molar-refractivity contribution is 5.99. The van der Waals surface area contributed by atoms with Gasteiger partial charge in [-0.3, -0.25) is 29.2 Å². The number of halogens is 1. The van der Waals surface area contributed by atoms with Crippen LogP contribution in [0.3, 0.4) is 0 Å². The third-order valence-corrected chi connectivity index (χ3v) is 7.60. The second-order valence-electron chi connectivity index (χ2n) is 10.2. The summed E-state index contributed by atoms with van der Waals surface area (Å²) in [6, 6.07) is 10.2. The Bertz CT molecular complexity index is 1390. The molecule has 0 aliphatic carbocycles. The van der Waals surface area contributed by atoms with E-state index in [1.807, 2.05) is 24.3 Å². The molecule has 1 aromatic heterocycles. The summed E-state index contributed by atoms with van der Waals surface area (Å²) in [4.78, 5) is 44.7. The zero-order valence-electron chi connectivity index (χ0n) is 21.3. The number of hydrogen-bond donors (Lipinski definition) is 1. The van der Waals surface area contributed by atoms with Gasteiger partial charge in [0.25, 0.3) is 5.56 Å². The number of rotatable bonds is 6. The molecule has 1 atom stereocenters. The molecule has 0 saturated carbocycles. The first kappa shape index (κ1) is 25.3. The maximum atomic E-state index is 15.0. The number of carbonyl (C=O) groups is 2. The molecule has 37 heavy (non-hydrogen) atoms. The highest BCUT2D eigenvalue weighted by Gasteiger charge is 2.30. The molecule has 1 N–H and O–H groups in total. The number of hydrogen-bond acceptors (Lipinski definition) is 5. The van der Waals surface area contributed by atoms with Crippen LogP contribution >= 0.6 is 0 Å². The van der Waals surface area contributed by atoms with Crippen LogP contribution in [0.1, 0.15) is 67.1 Å². The van der Waals surface area contributed by atoms with Crippen LogP contribution in [0.25, 0.3) is 10.9 Å². The summed E-state index contributed by atoms with van der Waals surface area (Å²) in [7, 11) is 0. The zero-order valence-corrected chi connectivity index (χ0v) is 21.3. The number of amides is 2. The lowest BCUT2D eigenvalue weighted by Gasteiger charge is -2.24. The largest absolute Gasteiger partial charge is 0.299 e. The molecule has 8 heteroatoms. The van der Waals surface area contributed by atoms with Gasteiger partial charge in [-0.2, -0.15) is 0 Å². The minimum Gasteiger partial charge on any atom is -0.299 e. The van der Waals surface area contributed by atoms with Crippen molar-refractivity contribution < 1.29 is 14.0 Å². The molecule has 2 fully saturated rings. The Morgan fingerprint density at radius 3 is 2.49 bits per heavy atom. The molecule has 2 aliphatic heterocycles. The first-order valence-electron chi connectivity index (χ1n) is 13.2. The number of benzene rings is 2. The van der Waals surface area contributed by atoms with E-state index in [0.29, 0.717) is 35.1 Å². The summed E-state index contributed by atoms with van der Waals surface area (Å²) in [5.41, 5.74) is 2.61. The summed E-state index contributed by atoms with van der Waals surface area (Å²) in [6.07, 6.45) is 6.29. The van der Waals surface area contributed by atoms with Gasteiger partial charge in [0.2, 0.25) is 11.8 Å². The smallest absolute Gasteiger partial charge is 0.262 e. The van der Waals surface area contributed by atoms with E-state index >= 15 is 4.39 Å². The van der Waals surface area contributed by atoms with E-state index in [1.165, 1.54) is 30.3 Å². The molecular weight excluding hydrogens is 471 g/mol. The lowest BCUT2D eigenvalue weighted by Crippen LogP contribution is -2.45. The molecule has 3 aromatic rings. The van der Waals surface area contributed by atoms with Gasteiger partial charge < -0.3 is 0 Å². The Hall–Kier alpha value is -3.39. The van der Waals surface area contributed by atoms with E-state index in [0.717, 1.165) is 30.8 Å². The van der Waals surface area contributed by atoms with Crippen molar-refractivity contribution in [3.63, 3.8) is 0 Å². The van der Waals surface area contributed by atoms with Crippen LogP contribution in [0.4, 0.5) is 4.39 Å². The standard InChI is InChI=1S/C29H33FN4O3/c1-19-31-24-8-6-7-22(27(24)29(37)34(19)25-13-14-26(35)32-28(25)36)12-11-21-10-9-20(17-23(21)30)18-33-15-4-2-3-5-16-33/h6-10,17,25H,2-5,11-16,18H2,1H3,(H,32,35,36). The van der Waals surface area contributed by atoms with Crippen LogP contribution in [0, 0.1) is 12.7 Å². The van der Waals surface area contributed by atoms with E-state index in [4.69, 9.17) is 0 Å². The Balaban J connectivity index is 1.37. The fraction of sp³-hybridized carbons (Fsp3) is 0.448. The van der Waals surface area contributed by atoms with Crippen molar-refractivity contribution in [3.05, 3.63) is 75.1 Å². The highest BCUT2D eigenvalue weighted by Crippen LogP contribution is 2.23. The first-order valence-corrected chi connectivity index (χ1v) is 13.2. The fourth-order valence-corrected chi connectivity index (χ4v) is 5.64. The maximum Gasteiger partial charge on any atom is 0.262 e. The molecule has 2 saturated heterocycles. The van der Waals surface area contributed by atoms with E-state index in [2.05, 4.69) is 15.2 Å². The molecule has 1 unspecified atom stereocenters. The number of piperidine rings is 1. The van der Waals surface area contributed by atoms with Gasteiger partial charge in [-0.05, 0) is 80.9 Å². The Morgan fingerprint density at radius 1 is 1.00 bits per heavy atom. The van der Waals surface area contributed by atoms with Crippen LogP contribution in [0.5, 0.6) is 0 Å². The number of fused-ring (bicyclic) bond motifs is 1. The summed E-state index contributed by atoms with van der Waals surface area (Å²) >= 11 is 0. The van der Waals surface area contributed by atoms with Gasteiger partial charge in [0, 0.05) is 13.0 Å². The van der Waals surface area contributed by atoms with Crippen LogP contribution in [0.15, 0.2) is 41.2 Å². The quantitative estimate of drug-likeness (QED) is 0.514. The normalized spacial score (nSPS) is 19.1. The number of imide groups is 1. The Labute approximate surface area is 215 Å². The number of nitrogens with one attached hydrogen (secondary N) is 1. The van der Waals surface area contributed by atoms with Crippen LogP contribution in [-0.4, -0.2) is 39.4 Å². The molecule has 0 spiro atoms. The van der Waals surface area contributed by atoms with Gasteiger partial charge in [0.15, 0.2) is 0 Å². The molecule has 0 radical (unpaired) electrons. The lowest BCUT2D eigenvalue weighted by atomic mass is 9.99. The van der Waals surface area contributed by atoms with Crippen molar-refractivity contribution in [1.82, 2.24) is 19.8 Å². The Morgan fingerprint density at radius 2 is 1.76 bits per heavy atom. The summed E-state index contributed by atoms with van der Waals surface area (Å²) in [6.45, 7) is 4.59. The molecule has 5 rings (SSSR count). The molecule has 2 aromatic carbocycles. The summed E-state index contributed by atoms with van der Waals surface area (Å²) in [5, 5.41) is 2.76. The number of aromatic nitrogens is 2. The van der Waals surface area contributed by atoms with Crippen molar-refractivity contribution in [2.45, 2.75) is 70.9 Å². The van der Waals surface area contributed by atoms with Gasteiger partial charge in [-0.1, -0.05) is 37.1 Å². The van der Waals surface area contributed by atoms with E-state index in [-0.39, 0.29) is 30.1 Å². The first-order chi connectivity index (χ1) is 17.9. The van der Waals surface area contributed by atoms with Crippen molar-refractivity contribution in [3.8, 4) is 0 Å². The van der Waals surface area contributed by atoms with Gasteiger partial charge >= 0.3 is 0 Å². The molecular formula is C29H33FN4O3. The van der Waals surface area contributed by atoms with Gasteiger partial charge in [0.05, 0.1) is 10.9 Å². The predicted octanol–water partition coefficient (Wildman–Crippen LogP) is 3.98. The predicted molar refractivity (Wildman–Crippen MR) is 140 cm³/mol. The zero-order chi connectivity index (χ0) is 25.9. The second-order valence-corrected chi connectivity index (χ2v) is 10.2. The lowest BCUT2D eigenvalue weighted by molar-refractivity contribution is -0.135. The number of nitrogens with zero attached hydrogens (tertiary/aromatic N) is 3. The molecule has 194 valence electrons. The number of aryl methyl sites for hydroxylation is 3. The minimum absolute atomic E-state index is 0.176. The molecule has 2 aliphatic rings. The van der Waals surface area contributed by atoms with E-state index in [1.54, 1.807) is 19.1 Å². The van der Waals surface area contributed by atoms with Gasteiger partial charge in [-0.25, -0.2) is 9.37 Å². The van der Waals surface area contributed by atoms with E-state index < -0.39 is 11.9 Å². The maximum absolute atomic E-state index is 15.0. The highest BCUT2D eigenvalue weighted by atomic mass is 19.1. The van der Waals surface area contributed by atoms with Gasteiger partial charge in [0.1, 0.15) is 17.7 Å². The molecule has 7 nitrogen and oxygen atoms in total. The summed E-state index contributed by atoms with van der Waals surface area (Å²) < 4.78 is 16.4. The van der Waals surface area contributed by atoms with Crippen molar-refractivity contribution in [1.29, 1.82) is 0 Å². The molecule has 2 amide bonds. The van der Waals surface area contributed by atoms with Crippen molar-refractivity contribution >= 4 is 22.7 Å². The second kappa shape index (κ2) is 10.9. The van der Waals surface area contributed by atoms with Crippen molar-refractivity contribution in [2.24, 2.45) is 0 Å². The Kier molecular flexibility index (Phi) is 7.46. The topological polar surface area (TPSA) is 84.3 Å². The van der Waals surface area contributed by atoms with Crippen LogP contribution < -0.4 is 10.9 Å². The number of carbonyl (C=O) groups excluding carboxylic acids is 2. The average molecular weight is 505 g/mol. The fourth-order valence-electron chi connectivity index (χ4n) is 5.64. The average Bonchev–Trinajstić information content (AvgIpc) is 3.13. The van der Waals surface area contributed by atoms with Crippen LogP contribution in [-0.2, 0) is 29.0 Å². The summed E-state index contributed by atoms with van der Waals surface area (Å²) in [5.74, 6) is -0.610. The molecule has 0 bridgehead atoms. The van der Waals surface area contributed by atoms with Gasteiger partial charge in [-0.15, -0.1) is 0 Å². The van der Waals surface area contributed by atoms with Crippen LogP contribution in [0.2, 0.25) is 0 Å². The van der Waals surface area contributed by atoms with Crippen molar-refractivity contribution in [2.75, 3.05) is 13.1 Å². The van der Waals surface area contributed by atoms with E-state index in [9.17, 15) is 14.4 Å².